The summed E-state index contributed by atoms with van der Waals surface area (Å²) in [6.07, 6.45) is 0. The van der Waals surface area contributed by atoms with E-state index in [-0.39, 0.29) is 0 Å². The molecule has 2 N–H and O–H groups in total. The molecule has 0 saturated carbocycles. The normalized spacial score (nSPS) is 23.5. The zero-order valence-corrected chi connectivity index (χ0v) is 7.38. The minimum absolute atomic E-state index is 1.03. The summed E-state index contributed by atoms with van der Waals surface area (Å²) >= 11 is -13.3. The second kappa shape index (κ2) is 1.53. The van der Waals surface area contributed by atoms with Gasteiger partial charge in [0.2, 0.25) is 0 Å². The number of hydrogen-bond acceptors (Lipinski definition) is 2. The fourth-order valence-corrected chi connectivity index (χ4v) is 3.34. The Labute approximate surface area is 60.8 Å². The summed E-state index contributed by atoms with van der Waals surface area (Å²) in [5.74, 6) is 0. The third-order valence-electron chi connectivity index (χ3n) is 0.326. The van der Waals surface area contributed by atoms with Crippen molar-refractivity contribution in [3.05, 3.63) is 0 Å². The molecule has 0 aliphatic carbocycles. The molecule has 0 heterocycles. The average molecular weight is 259 g/mol. The summed E-state index contributed by atoms with van der Waals surface area (Å²) in [6, 6.07) is 0. The summed E-state index contributed by atoms with van der Waals surface area (Å²) < 4.78 is 76.8. The summed E-state index contributed by atoms with van der Waals surface area (Å²) in [5, 5.41) is 0. The van der Waals surface area contributed by atoms with Gasteiger partial charge < -0.3 is 0 Å². The van der Waals surface area contributed by atoms with Crippen LogP contribution in [0.1, 0.15) is 0 Å². The van der Waals surface area contributed by atoms with E-state index in [4.69, 9.17) is 9.79 Å². The molecule has 0 aliphatic rings. The van der Waals surface area contributed by atoms with Gasteiger partial charge in [-0.15, -0.1) is 0 Å². The fourth-order valence-electron chi connectivity index (χ4n) is 0.270. The van der Waals surface area contributed by atoms with Crippen molar-refractivity contribution in [2.24, 2.45) is 0 Å². The fraction of sp³-hybridized carbons (Fsp3) is 0. The van der Waals surface area contributed by atoms with Gasteiger partial charge in [-0.1, -0.05) is 0 Å². The molecule has 0 amide bonds. The van der Waals surface area contributed by atoms with Crippen molar-refractivity contribution in [1.82, 2.24) is 0 Å². The predicted octanol–water partition coefficient (Wildman–Crippen LogP) is 2.08. The average Bonchev–Trinajstić information content (AvgIpc) is 1.02. The van der Waals surface area contributed by atoms with Crippen LogP contribution in [0.5, 0.6) is 0 Å². The van der Waals surface area contributed by atoms with Gasteiger partial charge in [0.1, 0.15) is 0 Å². The molecule has 12 heavy (non-hydrogen) atoms. The Balaban J connectivity index is 5.33. The molecule has 77 valence electrons. The maximum absolute atomic E-state index is 13.3. The molecule has 0 atom stereocenters. The van der Waals surface area contributed by atoms with Crippen molar-refractivity contribution in [1.29, 1.82) is 0 Å². The standard InChI is InChI=1S/6FH.H3O4P.Ti/c;;;;;;1-5(2,3)4;/h6*1H;(H3,1,2,3,4);/q;;;;;;;+7/p-7. The predicted molar refractivity (Wildman–Crippen MR) is 19.8 cm³/mol. The second-order valence-corrected chi connectivity index (χ2v) is 8.93. The van der Waals surface area contributed by atoms with Crippen LogP contribution in [0.2, 0.25) is 0 Å². The van der Waals surface area contributed by atoms with Gasteiger partial charge in [0.15, 0.2) is 0 Å². The van der Waals surface area contributed by atoms with Crippen LogP contribution >= 0.6 is 7.82 Å². The van der Waals surface area contributed by atoms with Crippen molar-refractivity contribution >= 4 is 7.82 Å². The molecule has 0 spiro atoms. The molecule has 0 bridgehead atoms. The molecule has 0 aromatic heterocycles. The molecule has 4 nitrogen and oxygen atoms in total. The Kier molecular flexibility index (Phi) is 1.58. The summed E-state index contributed by atoms with van der Waals surface area (Å²) in [7, 11) is -6.65. The van der Waals surface area contributed by atoms with Gasteiger partial charge in [-0.2, -0.15) is 0 Å². The van der Waals surface area contributed by atoms with Crippen LogP contribution in [0.4, 0.5) is 18.6 Å². The number of phosphoric acid groups is 1. The first-order chi connectivity index (χ1) is 4.39. The molecular weight excluding hydrogens is 257 g/mol. The zero-order valence-electron chi connectivity index (χ0n) is 4.93. The van der Waals surface area contributed by atoms with Crippen LogP contribution in [-0.4, -0.2) is 9.79 Å². The molecule has 0 saturated heterocycles. The molecular formula is H2F6O4PTi. The molecule has 0 unspecified atom stereocenters. The maximum atomic E-state index is 11.1. The minimum atomic E-state index is -13.3. The topological polar surface area (TPSA) is 66.8 Å². The van der Waals surface area contributed by atoms with Crippen LogP contribution < -0.4 is 0 Å². The zero-order chi connectivity index (χ0) is 10.6. The van der Waals surface area contributed by atoms with Gasteiger partial charge in [0, 0.05) is 0 Å². The van der Waals surface area contributed by atoms with E-state index in [0.717, 1.165) is 3.11 Å². The van der Waals surface area contributed by atoms with Crippen molar-refractivity contribution in [2.45, 2.75) is 0 Å². The van der Waals surface area contributed by atoms with E-state index in [1.807, 2.05) is 0 Å². The number of halogens is 6. The van der Waals surface area contributed by atoms with Gasteiger partial charge >= 0.3 is 60.2 Å². The van der Waals surface area contributed by atoms with Gasteiger partial charge in [-0.05, 0) is 0 Å². The van der Waals surface area contributed by atoms with E-state index in [2.05, 4.69) is 0 Å². The number of rotatable bonds is 2. The van der Waals surface area contributed by atoms with E-state index in [9.17, 15) is 23.1 Å². The molecule has 0 aromatic rings. The molecule has 0 aliphatic heterocycles. The van der Waals surface area contributed by atoms with Crippen LogP contribution in [-0.2, 0) is 24.0 Å². The van der Waals surface area contributed by atoms with E-state index >= 15 is 0 Å². The van der Waals surface area contributed by atoms with Crippen LogP contribution in [0.15, 0.2) is 0 Å². The Morgan fingerprint density at radius 2 is 1.25 bits per heavy atom. The van der Waals surface area contributed by atoms with E-state index in [0.29, 0.717) is 0 Å². The Hall–Kier alpha value is 0.404. The summed E-state index contributed by atoms with van der Waals surface area (Å²) in [4.78, 5) is 14.7. The molecule has 0 aromatic carbocycles. The van der Waals surface area contributed by atoms with Gasteiger partial charge in [0.05, 0.1) is 0 Å². The first-order valence-corrected chi connectivity index (χ1v) is 7.81. The van der Waals surface area contributed by atoms with Crippen molar-refractivity contribution in [3.63, 3.8) is 0 Å². The second-order valence-electron chi connectivity index (χ2n) is 2.12. The summed E-state index contributed by atoms with van der Waals surface area (Å²) in [5.41, 5.74) is 0. The van der Waals surface area contributed by atoms with Crippen LogP contribution in [0.25, 0.3) is 0 Å². The summed E-state index contributed by atoms with van der Waals surface area (Å²) in [6.45, 7) is 0. The Morgan fingerprint density at radius 1 is 1.00 bits per heavy atom. The third-order valence-corrected chi connectivity index (χ3v) is 4.03. The van der Waals surface area contributed by atoms with Crippen molar-refractivity contribution in [3.8, 4) is 0 Å². The van der Waals surface area contributed by atoms with Crippen LogP contribution in [0.3, 0.4) is 0 Å². The van der Waals surface area contributed by atoms with Crippen LogP contribution in [0, 0.1) is 0 Å². The monoisotopic (exact) mass is 259 g/mol. The van der Waals surface area contributed by atoms with Gasteiger partial charge in [0.25, 0.3) is 0 Å². The van der Waals surface area contributed by atoms with Crippen molar-refractivity contribution < 1.29 is 52.4 Å². The Morgan fingerprint density at radius 3 is 1.25 bits per heavy atom. The quantitative estimate of drug-likeness (QED) is 0.452. The van der Waals surface area contributed by atoms with Gasteiger partial charge in [-0.25, -0.2) is 0 Å². The molecule has 0 radical (unpaired) electrons. The molecule has 0 fully saturated rings. The SMILES string of the molecule is O=P(O)(O)[O][Ti]([F])([F])([F])([F])([F])[F]. The first kappa shape index (κ1) is 12.4. The van der Waals surface area contributed by atoms with E-state index < -0.39 is 24.2 Å². The first-order valence-electron chi connectivity index (χ1n) is 2.10. The Bertz CT molecular complexity index is 253. The molecule has 0 rings (SSSR count). The van der Waals surface area contributed by atoms with Crippen molar-refractivity contribution in [2.75, 3.05) is 0 Å². The third kappa shape index (κ3) is 10.4. The van der Waals surface area contributed by atoms with Gasteiger partial charge in [-0.3, -0.25) is 0 Å². The van der Waals surface area contributed by atoms with E-state index in [1.165, 1.54) is 0 Å². The number of hydrogen-bond donors (Lipinski definition) is 2. The van der Waals surface area contributed by atoms with E-state index in [1.54, 1.807) is 0 Å². The molecule has 12 heteroatoms.